The molecule has 1 aromatic rings. The lowest BCUT2D eigenvalue weighted by Crippen LogP contribution is -2.06. The van der Waals surface area contributed by atoms with E-state index in [0.717, 1.165) is 31.4 Å². The molecule has 6 heteroatoms. The third-order valence-corrected chi connectivity index (χ3v) is 2.96. The third-order valence-electron chi connectivity index (χ3n) is 2.96. The zero-order valence-electron chi connectivity index (χ0n) is 13.8. The molecule has 0 spiro atoms. The number of carbonyl (C=O) groups is 1. The Balaban J connectivity index is 2.05. The SMILES string of the molecule is C=C(C)C(=O)OCCCCCCOc1ccc(N=NOC)cc1. The highest BCUT2D eigenvalue weighted by molar-refractivity contribution is 5.86. The molecule has 0 aliphatic heterocycles. The lowest BCUT2D eigenvalue weighted by Gasteiger charge is -2.06. The van der Waals surface area contributed by atoms with Gasteiger partial charge in [-0.05, 0) is 56.9 Å². The van der Waals surface area contributed by atoms with E-state index in [0.29, 0.717) is 24.5 Å². The highest BCUT2D eigenvalue weighted by Crippen LogP contribution is 2.18. The second-order valence-electron chi connectivity index (χ2n) is 5.04. The summed E-state index contributed by atoms with van der Waals surface area (Å²) in [5, 5.41) is 7.28. The summed E-state index contributed by atoms with van der Waals surface area (Å²) in [6.45, 7) is 6.29. The van der Waals surface area contributed by atoms with E-state index in [2.05, 4.69) is 21.8 Å². The minimum atomic E-state index is -0.318. The van der Waals surface area contributed by atoms with Gasteiger partial charge in [-0.3, -0.25) is 0 Å². The van der Waals surface area contributed by atoms with Crippen molar-refractivity contribution in [1.82, 2.24) is 0 Å². The van der Waals surface area contributed by atoms with Crippen LogP contribution in [0.4, 0.5) is 5.69 Å². The van der Waals surface area contributed by atoms with E-state index in [4.69, 9.17) is 9.47 Å². The van der Waals surface area contributed by atoms with E-state index in [1.54, 1.807) is 6.92 Å². The van der Waals surface area contributed by atoms with Crippen LogP contribution in [0.15, 0.2) is 46.8 Å². The molecule has 23 heavy (non-hydrogen) atoms. The first-order valence-electron chi connectivity index (χ1n) is 7.63. The second kappa shape index (κ2) is 11.2. The van der Waals surface area contributed by atoms with Crippen molar-refractivity contribution in [3.63, 3.8) is 0 Å². The molecule has 0 saturated heterocycles. The summed E-state index contributed by atoms with van der Waals surface area (Å²) in [6, 6.07) is 7.32. The number of hydrogen-bond donors (Lipinski definition) is 0. The van der Waals surface area contributed by atoms with Gasteiger partial charge in [0, 0.05) is 10.9 Å². The molecule has 0 aliphatic carbocycles. The van der Waals surface area contributed by atoms with Crippen LogP contribution < -0.4 is 4.74 Å². The van der Waals surface area contributed by atoms with Crippen LogP contribution in [0.3, 0.4) is 0 Å². The molecule has 0 radical (unpaired) electrons. The smallest absolute Gasteiger partial charge is 0.333 e. The van der Waals surface area contributed by atoms with E-state index in [1.807, 2.05) is 24.3 Å². The topological polar surface area (TPSA) is 69.5 Å². The highest BCUT2D eigenvalue weighted by Gasteiger charge is 2.01. The van der Waals surface area contributed by atoms with E-state index < -0.39 is 0 Å². The Morgan fingerprint density at radius 2 is 1.74 bits per heavy atom. The average Bonchev–Trinajstić information content (AvgIpc) is 2.56. The first-order valence-corrected chi connectivity index (χ1v) is 7.63. The molecular formula is C17H24N2O4. The van der Waals surface area contributed by atoms with Gasteiger partial charge in [-0.2, -0.15) is 0 Å². The molecular weight excluding hydrogens is 296 g/mol. The molecule has 0 atom stereocenters. The molecule has 126 valence electrons. The van der Waals surface area contributed by atoms with Crippen molar-refractivity contribution >= 4 is 11.7 Å². The van der Waals surface area contributed by atoms with Crippen molar-refractivity contribution in [2.45, 2.75) is 32.6 Å². The number of carbonyl (C=O) groups excluding carboxylic acids is 1. The summed E-state index contributed by atoms with van der Waals surface area (Å²) in [5.41, 5.74) is 1.15. The maximum atomic E-state index is 11.2. The first-order chi connectivity index (χ1) is 11.1. The largest absolute Gasteiger partial charge is 0.494 e. The zero-order valence-corrected chi connectivity index (χ0v) is 13.8. The molecule has 0 fully saturated rings. The van der Waals surface area contributed by atoms with Gasteiger partial charge in [-0.1, -0.05) is 6.58 Å². The molecule has 6 nitrogen and oxygen atoms in total. The van der Waals surface area contributed by atoms with Gasteiger partial charge in [-0.25, -0.2) is 4.79 Å². The standard InChI is InChI=1S/C17H24N2O4/c1-14(2)17(20)23-13-7-5-4-6-12-22-16-10-8-15(9-11-16)18-19-21-3/h8-11H,1,4-7,12-13H2,2-3H3. The van der Waals surface area contributed by atoms with Crippen molar-refractivity contribution in [3.05, 3.63) is 36.4 Å². The third kappa shape index (κ3) is 8.60. The molecule has 1 aromatic carbocycles. The molecule has 0 heterocycles. The Morgan fingerprint density at radius 3 is 2.35 bits per heavy atom. The first kappa shape index (κ1) is 18.7. The van der Waals surface area contributed by atoms with Crippen LogP contribution >= 0.6 is 0 Å². The summed E-state index contributed by atoms with van der Waals surface area (Å²) in [4.78, 5) is 15.7. The van der Waals surface area contributed by atoms with Gasteiger partial charge in [0.2, 0.25) is 0 Å². The fraction of sp³-hybridized carbons (Fsp3) is 0.471. The van der Waals surface area contributed by atoms with Crippen LogP contribution in [0.5, 0.6) is 5.75 Å². The fourth-order valence-electron chi connectivity index (χ4n) is 1.73. The van der Waals surface area contributed by atoms with Crippen molar-refractivity contribution in [2.75, 3.05) is 20.3 Å². The van der Waals surface area contributed by atoms with Gasteiger partial charge >= 0.3 is 5.97 Å². The van der Waals surface area contributed by atoms with Crippen LogP contribution in [-0.2, 0) is 14.4 Å². The monoisotopic (exact) mass is 320 g/mol. The summed E-state index contributed by atoms with van der Waals surface area (Å²) in [6.07, 6.45) is 3.85. The van der Waals surface area contributed by atoms with Gasteiger partial charge in [-0.15, -0.1) is 5.11 Å². The number of ether oxygens (including phenoxy) is 2. The molecule has 1 rings (SSSR count). The molecule has 0 aliphatic rings. The van der Waals surface area contributed by atoms with Gasteiger partial charge in [0.15, 0.2) is 0 Å². The van der Waals surface area contributed by atoms with Crippen molar-refractivity contribution in [2.24, 2.45) is 10.4 Å². The second-order valence-corrected chi connectivity index (χ2v) is 5.04. The summed E-state index contributed by atoms with van der Waals surface area (Å²) in [7, 11) is 1.45. The van der Waals surface area contributed by atoms with Crippen molar-refractivity contribution in [1.29, 1.82) is 0 Å². The predicted octanol–water partition coefficient (Wildman–Crippen LogP) is 4.39. The Hall–Kier alpha value is -2.37. The molecule has 0 aromatic heterocycles. The van der Waals surface area contributed by atoms with Gasteiger partial charge in [0.05, 0.1) is 18.9 Å². The zero-order chi connectivity index (χ0) is 16.9. The summed E-state index contributed by atoms with van der Waals surface area (Å²) < 4.78 is 10.7. The highest BCUT2D eigenvalue weighted by atomic mass is 16.6. The molecule has 0 N–H and O–H groups in total. The van der Waals surface area contributed by atoms with Crippen LogP contribution in [0, 0.1) is 0 Å². The van der Waals surface area contributed by atoms with Gasteiger partial charge < -0.3 is 14.3 Å². The Labute approximate surface area is 137 Å². The fourth-order valence-corrected chi connectivity index (χ4v) is 1.73. The lowest BCUT2D eigenvalue weighted by atomic mass is 10.2. The summed E-state index contributed by atoms with van der Waals surface area (Å²) >= 11 is 0. The predicted molar refractivity (Wildman–Crippen MR) is 87.7 cm³/mol. The van der Waals surface area contributed by atoms with Crippen LogP contribution in [0.25, 0.3) is 0 Å². The van der Waals surface area contributed by atoms with Gasteiger partial charge in [0.1, 0.15) is 12.9 Å². The normalized spacial score (nSPS) is 10.5. The van der Waals surface area contributed by atoms with E-state index in [1.165, 1.54) is 7.11 Å². The van der Waals surface area contributed by atoms with Crippen molar-refractivity contribution in [3.8, 4) is 5.75 Å². The quantitative estimate of drug-likeness (QED) is 0.199. The molecule has 0 bridgehead atoms. The maximum Gasteiger partial charge on any atom is 0.333 e. The van der Waals surface area contributed by atoms with Crippen LogP contribution in [0.1, 0.15) is 32.6 Å². The molecule has 0 unspecified atom stereocenters. The van der Waals surface area contributed by atoms with E-state index >= 15 is 0 Å². The van der Waals surface area contributed by atoms with E-state index in [9.17, 15) is 4.79 Å². The lowest BCUT2D eigenvalue weighted by molar-refractivity contribution is -0.139. The number of hydrogen-bond acceptors (Lipinski definition) is 6. The number of benzene rings is 1. The Morgan fingerprint density at radius 1 is 1.09 bits per heavy atom. The Bertz CT molecular complexity index is 512. The summed E-state index contributed by atoms with van der Waals surface area (Å²) in [5.74, 6) is 0.485. The van der Waals surface area contributed by atoms with E-state index in [-0.39, 0.29) is 5.97 Å². The molecule has 0 amide bonds. The number of esters is 1. The average molecular weight is 320 g/mol. The minimum Gasteiger partial charge on any atom is -0.494 e. The van der Waals surface area contributed by atoms with Gasteiger partial charge in [0.25, 0.3) is 0 Å². The van der Waals surface area contributed by atoms with Crippen molar-refractivity contribution < 1.29 is 19.1 Å². The minimum absolute atomic E-state index is 0.318. The maximum absolute atomic E-state index is 11.2. The number of rotatable bonds is 11. The number of nitrogens with zero attached hydrogens (tertiary/aromatic N) is 2. The molecule has 0 saturated carbocycles. The van der Waals surface area contributed by atoms with Crippen LogP contribution in [-0.4, -0.2) is 26.3 Å². The number of unbranched alkanes of at least 4 members (excludes halogenated alkanes) is 3. The Kier molecular flexibility index (Phi) is 9.12. The van der Waals surface area contributed by atoms with Crippen LogP contribution in [0.2, 0.25) is 0 Å².